The van der Waals surface area contributed by atoms with Crippen LogP contribution >= 0.6 is 0 Å². The lowest BCUT2D eigenvalue weighted by Gasteiger charge is -2.39. The molecule has 4 rings (SSSR count). The third-order valence-corrected chi connectivity index (χ3v) is 6.29. The third kappa shape index (κ3) is 6.97. The van der Waals surface area contributed by atoms with E-state index in [1.807, 2.05) is 28.0 Å². The first kappa shape index (κ1) is 26.5. The van der Waals surface area contributed by atoms with Crippen molar-refractivity contribution in [1.29, 1.82) is 0 Å². The molecule has 1 unspecified atom stereocenters. The van der Waals surface area contributed by atoms with Gasteiger partial charge in [0, 0.05) is 50.5 Å². The molecule has 2 aromatic rings. The lowest BCUT2D eigenvalue weighted by atomic mass is 9.95. The predicted octanol–water partition coefficient (Wildman–Crippen LogP) is 2.05. The molecule has 0 spiro atoms. The van der Waals surface area contributed by atoms with Crippen LogP contribution in [-0.4, -0.2) is 90.1 Å². The first-order valence-corrected chi connectivity index (χ1v) is 11.8. The second kappa shape index (κ2) is 12.6. The summed E-state index contributed by atoms with van der Waals surface area (Å²) in [6, 6.07) is 17.5. The number of carbonyl (C=O) groups excluding carboxylic acids is 2. The smallest absolute Gasteiger partial charge is 0.414 e. The zero-order chi connectivity index (χ0) is 26.1. The van der Waals surface area contributed by atoms with E-state index in [0.29, 0.717) is 18.7 Å². The van der Waals surface area contributed by atoms with Crippen molar-refractivity contribution >= 4 is 29.4 Å². The number of amides is 2. The first-order valence-electron chi connectivity index (χ1n) is 11.8. The average molecular weight is 498 g/mol. The SMILES string of the molecule is COc1ccc(C(=O)N2CCCC(C(=O)N3CCN(c4ccccc4)CC3)C2)cc1.O=C(O)C(=O)O. The number of carboxylic acids is 2. The molecule has 0 saturated carbocycles. The summed E-state index contributed by atoms with van der Waals surface area (Å²) in [5.74, 6) is -2.85. The van der Waals surface area contributed by atoms with Crippen molar-refractivity contribution in [2.45, 2.75) is 12.8 Å². The summed E-state index contributed by atoms with van der Waals surface area (Å²) in [7, 11) is 1.61. The second-order valence-corrected chi connectivity index (χ2v) is 8.58. The number of carboxylic acid groups (broad SMARTS) is 2. The van der Waals surface area contributed by atoms with Gasteiger partial charge in [0.15, 0.2) is 0 Å². The van der Waals surface area contributed by atoms with Crippen molar-refractivity contribution in [3.63, 3.8) is 0 Å². The minimum absolute atomic E-state index is 0.0101. The maximum atomic E-state index is 13.1. The number of piperazine rings is 1. The number of ether oxygens (including phenoxy) is 1. The van der Waals surface area contributed by atoms with Gasteiger partial charge in [-0.1, -0.05) is 18.2 Å². The highest BCUT2D eigenvalue weighted by Crippen LogP contribution is 2.23. The topological polar surface area (TPSA) is 128 Å². The Bertz CT molecular complexity index is 1040. The number of hydrogen-bond acceptors (Lipinski definition) is 6. The maximum Gasteiger partial charge on any atom is 0.414 e. The number of para-hydroxylation sites is 1. The summed E-state index contributed by atoms with van der Waals surface area (Å²) in [5, 5.41) is 14.8. The summed E-state index contributed by atoms with van der Waals surface area (Å²) in [4.78, 5) is 50.4. The van der Waals surface area contributed by atoms with E-state index in [2.05, 4.69) is 17.0 Å². The van der Waals surface area contributed by atoms with Gasteiger partial charge in [-0.2, -0.15) is 0 Å². The number of anilines is 1. The van der Waals surface area contributed by atoms with Crippen LogP contribution in [0.5, 0.6) is 5.75 Å². The standard InChI is InChI=1S/C24H29N3O3.C2H2O4/c1-30-22-11-9-19(10-12-22)23(28)27-13-5-6-20(18-27)24(29)26-16-14-25(15-17-26)21-7-3-2-4-8-21;3-1(4)2(5)6/h2-4,7-12,20H,5-6,13-18H2,1H3;(H,3,4)(H,5,6). The number of benzene rings is 2. The minimum Gasteiger partial charge on any atom is -0.497 e. The number of rotatable bonds is 4. The molecule has 2 N–H and O–H groups in total. The Morgan fingerprint density at radius 1 is 0.806 bits per heavy atom. The Balaban J connectivity index is 0.000000538. The predicted molar refractivity (Wildman–Crippen MR) is 132 cm³/mol. The molecular formula is C26H31N3O7. The fourth-order valence-corrected chi connectivity index (χ4v) is 4.36. The van der Waals surface area contributed by atoms with Crippen molar-refractivity contribution in [2.24, 2.45) is 5.92 Å². The van der Waals surface area contributed by atoms with Gasteiger partial charge in [0.2, 0.25) is 5.91 Å². The van der Waals surface area contributed by atoms with Crippen LogP contribution in [-0.2, 0) is 14.4 Å². The van der Waals surface area contributed by atoms with Gasteiger partial charge >= 0.3 is 11.9 Å². The first-order chi connectivity index (χ1) is 17.3. The number of piperidine rings is 1. The molecule has 0 radical (unpaired) electrons. The maximum absolute atomic E-state index is 13.1. The molecule has 1 atom stereocenters. The Kier molecular flexibility index (Phi) is 9.26. The zero-order valence-electron chi connectivity index (χ0n) is 20.2. The van der Waals surface area contributed by atoms with E-state index >= 15 is 0 Å². The van der Waals surface area contributed by atoms with Gasteiger partial charge in [-0.3, -0.25) is 9.59 Å². The molecule has 10 nitrogen and oxygen atoms in total. The number of nitrogens with zero attached hydrogens (tertiary/aromatic N) is 3. The fourth-order valence-electron chi connectivity index (χ4n) is 4.36. The molecule has 0 aromatic heterocycles. The molecule has 36 heavy (non-hydrogen) atoms. The van der Waals surface area contributed by atoms with Crippen molar-refractivity contribution in [2.75, 3.05) is 51.3 Å². The molecule has 2 saturated heterocycles. The summed E-state index contributed by atoms with van der Waals surface area (Å²) in [5.41, 5.74) is 1.85. The van der Waals surface area contributed by atoms with Crippen LogP contribution in [0.3, 0.4) is 0 Å². The highest BCUT2D eigenvalue weighted by Gasteiger charge is 2.33. The summed E-state index contributed by atoms with van der Waals surface area (Å²) in [6.45, 7) is 4.36. The molecule has 2 aliphatic rings. The molecule has 2 aliphatic heterocycles. The molecule has 0 aliphatic carbocycles. The van der Waals surface area contributed by atoms with Gasteiger partial charge in [0.1, 0.15) is 5.75 Å². The van der Waals surface area contributed by atoms with Crippen LogP contribution in [0.15, 0.2) is 54.6 Å². The van der Waals surface area contributed by atoms with Gasteiger partial charge in [0.05, 0.1) is 13.0 Å². The van der Waals surface area contributed by atoms with E-state index in [1.54, 1.807) is 31.4 Å². The Morgan fingerprint density at radius 2 is 1.42 bits per heavy atom. The molecular weight excluding hydrogens is 466 g/mol. The quantitative estimate of drug-likeness (QED) is 0.615. The highest BCUT2D eigenvalue weighted by atomic mass is 16.5. The van der Waals surface area contributed by atoms with Crippen LogP contribution in [0.25, 0.3) is 0 Å². The van der Waals surface area contributed by atoms with E-state index in [1.165, 1.54) is 5.69 Å². The molecule has 2 aromatic carbocycles. The molecule has 192 valence electrons. The summed E-state index contributed by atoms with van der Waals surface area (Å²) in [6.07, 6.45) is 1.71. The van der Waals surface area contributed by atoms with Gasteiger partial charge in [-0.05, 0) is 49.2 Å². The van der Waals surface area contributed by atoms with E-state index in [0.717, 1.165) is 44.8 Å². The molecule has 2 heterocycles. The molecule has 0 bridgehead atoms. The van der Waals surface area contributed by atoms with Crippen molar-refractivity contribution in [3.8, 4) is 5.75 Å². The highest BCUT2D eigenvalue weighted by molar-refractivity contribution is 6.27. The van der Waals surface area contributed by atoms with Crippen LogP contribution in [0.1, 0.15) is 23.2 Å². The van der Waals surface area contributed by atoms with Crippen molar-refractivity contribution < 1.29 is 34.1 Å². The lowest BCUT2D eigenvalue weighted by Crippen LogP contribution is -2.53. The Hall–Kier alpha value is -4.08. The fraction of sp³-hybridized carbons (Fsp3) is 0.385. The Morgan fingerprint density at radius 3 is 1.97 bits per heavy atom. The van der Waals surface area contributed by atoms with E-state index < -0.39 is 11.9 Å². The monoisotopic (exact) mass is 497 g/mol. The third-order valence-electron chi connectivity index (χ3n) is 6.29. The van der Waals surface area contributed by atoms with Crippen LogP contribution in [0.4, 0.5) is 5.69 Å². The second-order valence-electron chi connectivity index (χ2n) is 8.58. The largest absolute Gasteiger partial charge is 0.497 e. The zero-order valence-corrected chi connectivity index (χ0v) is 20.2. The van der Waals surface area contributed by atoms with Gasteiger partial charge in [-0.15, -0.1) is 0 Å². The molecule has 10 heteroatoms. The number of likely N-dealkylation sites (tertiary alicyclic amines) is 1. The lowest BCUT2D eigenvalue weighted by molar-refractivity contribution is -0.159. The van der Waals surface area contributed by atoms with E-state index in [-0.39, 0.29) is 17.7 Å². The number of aliphatic carboxylic acids is 2. The van der Waals surface area contributed by atoms with Crippen LogP contribution in [0.2, 0.25) is 0 Å². The van der Waals surface area contributed by atoms with E-state index in [4.69, 9.17) is 24.5 Å². The number of carbonyl (C=O) groups is 4. The van der Waals surface area contributed by atoms with E-state index in [9.17, 15) is 9.59 Å². The molecule has 2 amide bonds. The Labute approximate surface area is 209 Å². The number of hydrogen-bond donors (Lipinski definition) is 2. The van der Waals surface area contributed by atoms with Gasteiger partial charge < -0.3 is 29.6 Å². The van der Waals surface area contributed by atoms with Crippen LogP contribution < -0.4 is 9.64 Å². The van der Waals surface area contributed by atoms with Crippen LogP contribution in [0, 0.1) is 5.92 Å². The number of methoxy groups -OCH3 is 1. The molecule has 2 fully saturated rings. The summed E-state index contributed by atoms with van der Waals surface area (Å²) < 4.78 is 5.17. The van der Waals surface area contributed by atoms with Gasteiger partial charge in [0.25, 0.3) is 5.91 Å². The van der Waals surface area contributed by atoms with Crippen molar-refractivity contribution in [3.05, 3.63) is 60.2 Å². The summed E-state index contributed by atoms with van der Waals surface area (Å²) >= 11 is 0. The minimum atomic E-state index is -1.82. The normalized spacial score (nSPS) is 17.5. The van der Waals surface area contributed by atoms with Crippen molar-refractivity contribution in [1.82, 2.24) is 9.80 Å². The average Bonchev–Trinajstić information content (AvgIpc) is 2.93. The van der Waals surface area contributed by atoms with Gasteiger partial charge in [-0.25, -0.2) is 9.59 Å².